The lowest BCUT2D eigenvalue weighted by Crippen LogP contribution is -2.42. The Morgan fingerprint density at radius 3 is 2.75 bits per heavy atom. The van der Waals surface area contributed by atoms with Gasteiger partial charge in [-0.25, -0.2) is 18.1 Å². The Morgan fingerprint density at radius 1 is 1.32 bits per heavy atom. The van der Waals surface area contributed by atoms with Gasteiger partial charge in [0.15, 0.2) is 0 Å². The van der Waals surface area contributed by atoms with Gasteiger partial charge in [-0.05, 0) is 50.7 Å². The van der Waals surface area contributed by atoms with Gasteiger partial charge in [0.1, 0.15) is 10.8 Å². The topological polar surface area (TPSA) is 101 Å². The smallest absolute Gasteiger partial charge is 0.237 e. The molecule has 1 aliphatic carbocycles. The summed E-state index contributed by atoms with van der Waals surface area (Å²) in [7, 11) is -3.65. The fourth-order valence-corrected chi connectivity index (χ4v) is 5.42. The molecule has 2 heterocycles. The molecule has 1 atom stereocenters. The summed E-state index contributed by atoms with van der Waals surface area (Å²) in [5.74, 6) is -0.452. The van der Waals surface area contributed by atoms with Crippen molar-refractivity contribution >= 4 is 27.3 Å². The van der Waals surface area contributed by atoms with E-state index in [2.05, 4.69) is 26.9 Å². The standard InChI is InChI=1S/C19H26N4O3S2/c1-13-5-7-16(8-6-13)23-28(25,26)12-18(24)21-14(2)19-22-17(11-27-19)15-4-3-9-20-10-15/h3-4,9-11,13-14,16,23H,5-8,12H2,1-2H3,(H,21,24). The van der Waals surface area contributed by atoms with Gasteiger partial charge in [0.05, 0.1) is 11.7 Å². The fourth-order valence-electron chi connectivity index (χ4n) is 3.32. The third-order valence-corrected chi connectivity index (χ3v) is 7.27. The summed E-state index contributed by atoms with van der Waals surface area (Å²) in [6, 6.07) is 3.32. The molecule has 1 amide bonds. The van der Waals surface area contributed by atoms with Crippen molar-refractivity contribution < 1.29 is 13.2 Å². The van der Waals surface area contributed by atoms with E-state index < -0.39 is 21.7 Å². The van der Waals surface area contributed by atoms with E-state index in [9.17, 15) is 13.2 Å². The molecule has 9 heteroatoms. The summed E-state index contributed by atoms with van der Waals surface area (Å²) in [5.41, 5.74) is 1.69. The molecule has 2 aromatic heterocycles. The highest BCUT2D eigenvalue weighted by Gasteiger charge is 2.25. The van der Waals surface area contributed by atoms with Gasteiger partial charge in [-0.2, -0.15) is 0 Å². The fraction of sp³-hybridized carbons (Fsp3) is 0.526. The second-order valence-corrected chi connectivity index (χ2v) is 10.1. The van der Waals surface area contributed by atoms with Crippen molar-refractivity contribution in [3.63, 3.8) is 0 Å². The molecule has 0 bridgehead atoms. The normalized spacial score (nSPS) is 21.2. The quantitative estimate of drug-likeness (QED) is 0.714. The van der Waals surface area contributed by atoms with Crippen LogP contribution < -0.4 is 10.0 Å². The van der Waals surface area contributed by atoms with E-state index in [4.69, 9.17) is 0 Å². The number of pyridine rings is 1. The number of thiazole rings is 1. The zero-order valence-corrected chi connectivity index (χ0v) is 17.7. The highest BCUT2D eigenvalue weighted by molar-refractivity contribution is 7.90. The molecule has 0 aromatic carbocycles. The Kier molecular flexibility index (Phi) is 6.79. The van der Waals surface area contributed by atoms with Crippen LogP contribution in [-0.4, -0.2) is 36.1 Å². The van der Waals surface area contributed by atoms with Gasteiger partial charge in [-0.15, -0.1) is 11.3 Å². The number of hydrogen-bond donors (Lipinski definition) is 2. The molecule has 2 N–H and O–H groups in total. The van der Waals surface area contributed by atoms with Crippen LogP contribution in [0, 0.1) is 5.92 Å². The average molecular weight is 423 g/mol. The van der Waals surface area contributed by atoms with E-state index in [1.165, 1.54) is 11.3 Å². The molecule has 0 spiro atoms. The second-order valence-electron chi connectivity index (χ2n) is 7.44. The van der Waals surface area contributed by atoms with E-state index in [1.807, 2.05) is 17.5 Å². The van der Waals surface area contributed by atoms with Crippen LogP contribution in [0.1, 0.15) is 50.6 Å². The number of aromatic nitrogens is 2. The molecule has 2 aromatic rings. The van der Waals surface area contributed by atoms with Crippen LogP contribution in [0.5, 0.6) is 0 Å². The van der Waals surface area contributed by atoms with Crippen molar-refractivity contribution in [2.75, 3.05) is 5.75 Å². The second kappa shape index (κ2) is 9.11. The molecule has 152 valence electrons. The largest absolute Gasteiger partial charge is 0.346 e. The molecule has 0 aliphatic heterocycles. The van der Waals surface area contributed by atoms with Gasteiger partial charge in [0.25, 0.3) is 0 Å². The molecule has 1 unspecified atom stereocenters. The molecular formula is C19H26N4O3S2. The summed E-state index contributed by atoms with van der Waals surface area (Å²) >= 11 is 1.42. The number of amides is 1. The van der Waals surface area contributed by atoms with Crippen LogP contribution in [0.15, 0.2) is 29.9 Å². The number of carbonyl (C=O) groups excluding carboxylic acids is 1. The Balaban J connectivity index is 1.53. The van der Waals surface area contributed by atoms with Gasteiger partial charge in [-0.1, -0.05) is 6.92 Å². The van der Waals surface area contributed by atoms with Crippen LogP contribution in [0.3, 0.4) is 0 Å². The predicted molar refractivity (Wildman–Crippen MR) is 110 cm³/mol. The predicted octanol–water partition coefficient (Wildman–Crippen LogP) is 2.88. The van der Waals surface area contributed by atoms with E-state index in [1.54, 1.807) is 19.3 Å². The van der Waals surface area contributed by atoms with Gasteiger partial charge >= 0.3 is 0 Å². The molecule has 7 nitrogen and oxygen atoms in total. The first-order valence-electron chi connectivity index (χ1n) is 9.47. The van der Waals surface area contributed by atoms with E-state index in [0.29, 0.717) is 5.92 Å². The Bertz CT molecular complexity index is 891. The van der Waals surface area contributed by atoms with Crippen LogP contribution in [-0.2, 0) is 14.8 Å². The van der Waals surface area contributed by atoms with Gasteiger partial charge < -0.3 is 5.32 Å². The summed E-state index contributed by atoms with van der Waals surface area (Å²) in [6.45, 7) is 3.98. The zero-order chi connectivity index (χ0) is 20.1. The van der Waals surface area contributed by atoms with Crippen molar-refractivity contribution in [3.8, 4) is 11.3 Å². The summed E-state index contributed by atoms with van der Waals surface area (Å²) in [5, 5.41) is 5.36. The number of carbonyl (C=O) groups is 1. The minimum Gasteiger partial charge on any atom is -0.346 e. The van der Waals surface area contributed by atoms with Crippen LogP contribution in [0.25, 0.3) is 11.3 Å². The molecule has 1 aliphatic rings. The molecule has 28 heavy (non-hydrogen) atoms. The highest BCUT2D eigenvalue weighted by atomic mass is 32.2. The Labute approximate surface area is 170 Å². The lowest BCUT2D eigenvalue weighted by molar-refractivity contribution is -0.119. The lowest BCUT2D eigenvalue weighted by Gasteiger charge is -2.26. The lowest BCUT2D eigenvalue weighted by atomic mass is 9.88. The zero-order valence-electron chi connectivity index (χ0n) is 16.1. The molecular weight excluding hydrogens is 396 g/mol. The number of sulfonamides is 1. The first kappa shape index (κ1) is 20.9. The number of hydrogen-bond acceptors (Lipinski definition) is 6. The molecule has 3 rings (SSSR count). The van der Waals surface area contributed by atoms with E-state index >= 15 is 0 Å². The summed E-state index contributed by atoms with van der Waals surface area (Å²) < 4.78 is 27.3. The number of nitrogens with zero attached hydrogens (tertiary/aromatic N) is 2. The van der Waals surface area contributed by atoms with Crippen LogP contribution in [0.2, 0.25) is 0 Å². The number of nitrogens with one attached hydrogen (secondary N) is 2. The Hall–Kier alpha value is -1.84. The first-order valence-corrected chi connectivity index (χ1v) is 12.0. The first-order chi connectivity index (χ1) is 13.3. The van der Waals surface area contributed by atoms with Crippen molar-refractivity contribution in [2.45, 2.75) is 51.6 Å². The van der Waals surface area contributed by atoms with Gasteiger partial charge in [0, 0.05) is 29.4 Å². The summed E-state index contributed by atoms with van der Waals surface area (Å²) in [6.07, 6.45) is 7.11. The molecule has 1 fully saturated rings. The van der Waals surface area contributed by atoms with E-state index in [-0.39, 0.29) is 12.1 Å². The average Bonchev–Trinajstić information content (AvgIpc) is 3.14. The third-order valence-electron chi connectivity index (χ3n) is 4.91. The molecule has 1 saturated carbocycles. The molecule has 0 saturated heterocycles. The van der Waals surface area contributed by atoms with Gasteiger partial charge in [-0.3, -0.25) is 9.78 Å². The minimum atomic E-state index is -3.65. The Morgan fingerprint density at radius 2 is 2.07 bits per heavy atom. The summed E-state index contributed by atoms with van der Waals surface area (Å²) in [4.78, 5) is 20.9. The maximum Gasteiger partial charge on any atom is 0.237 e. The van der Waals surface area contributed by atoms with Crippen molar-refractivity contribution in [1.29, 1.82) is 0 Å². The van der Waals surface area contributed by atoms with Crippen molar-refractivity contribution in [2.24, 2.45) is 5.92 Å². The monoisotopic (exact) mass is 422 g/mol. The van der Waals surface area contributed by atoms with Crippen LogP contribution >= 0.6 is 11.3 Å². The third kappa shape index (κ3) is 5.83. The van der Waals surface area contributed by atoms with Crippen molar-refractivity contribution in [3.05, 3.63) is 34.9 Å². The highest BCUT2D eigenvalue weighted by Crippen LogP contribution is 2.25. The van der Waals surface area contributed by atoms with E-state index in [0.717, 1.165) is 41.9 Å². The van der Waals surface area contributed by atoms with Crippen molar-refractivity contribution in [1.82, 2.24) is 20.0 Å². The SMILES string of the molecule is CC1CCC(NS(=O)(=O)CC(=O)NC(C)c2nc(-c3cccnc3)cs2)CC1. The number of rotatable bonds is 7. The maximum absolute atomic E-state index is 12.3. The van der Waals surface area contributed by atoms with Crippen LogP contribution in [0.4, 0.5) is 0 Å². The molecule has 0 radical (unpaired) electrons. The maximum atomic E-state index is 12.3. The minimum absolute atomic E-state index is 0.0626. The van der Waals surface area contributed by atoms with Gasteiger partial charge in [0.2, 0.25) is 15.9 Å².